The third-order valence-electron chi connectivity index (χ3n) is 5.03. The second-order valence-electron chi connectivity index (χ2n) is 6.96. The molecular formula is C22H23NO7. The zero-order valence-electron chi connectivity index (χ0n) is 17.1. The number of rotatable bonds is 8. The Balaban J connectivity index is 1.84. The number of hydrogen-bond acceptors (Lipinski definition) is 7. The molecule has 1 aliphatic rings. The van der Waals surface area contributed by atoms with E-state index in [0.29, 0.717) is 5.56 Å². The molecule has 0 spiro atoms. The van der Waals surface area contributed by atoms with Crippen molar-refractivity contribution in [2.45, 2.75) is 39.2 Å². The predicted octanol–water partition coefficient (Wildman–Crippen LogP) is 3.92. The minimum absolute atomic E-state index is 0.127. The average molecular weight is 413 g/mol. The number of Topliss-reactive ketones (excluding diaryl/α,β-unsaturated/α-hetero) is 1. The Morgan fingerprint density at radius 1 is 1.13 bits per heavy atom. The number of nitro groups is 1. The molecule has 0 amide bonds. The van der Waals surface area contributed by atoms with Crippen LogP contribution in [0.5, 0.6) is 11.5 Å². The fourth-order valence-electron chi connectivity index (χ4n) is 3.53. The highest BCUT2D eigenvalue weighted by molar-refractivity contribution is 6.02. The molecule has 0 heterocycles. The highest BCUT2D eigenvalue weighted by atomic mass is 16.6. The fraction of sp³-hybridized carbons (Fsp3) is 0.364. The number of nitrogens with zero attached hydrogens (tertiary/aromatic N) is 1. The van der Waals surface area contributed by atoms with Crippen molar-refractivity contribution < 1.29 is 28.7 Å². The normalized spacial score (nSPS) is 13.3. The van der Waals surface area contributed by atoms with Crippen LogP contribution in [0.1, 0.15) is 52.1 Å². The van der Waals surface area contributed by atoms with Crippen LogP contribution < -0.4 is 9.47 Å². The summed E-state index contributed by atoms with van der Waals surface area (Å²) in [5.41, 5.74) is 2.02. The summed E-state index contributed by atoms with van der Waals surface area (Å²) in [6.07, 6.45) is 1.87. The summed E-state index contributed by atoms with van der Waals surface area (Å²) in [7, 11) is 1.34. The maximum Gasteiger partial charge on any atom is 0.346 e. The summed E-state index contributed by atoms with van der Waals surface area (Å²) in [4.78, 5) is 36.2. The summed E-state index contributed by atoms with van der Waals surface area (Å²) in [5, 5.41) is 11.4. The molecule has 158 valence electrons. The lowest BCUT2D eigenvalue weighted by Gasteiger charge is -2.15. The third-order valence-corrected chi connectivity index (χ3v) is 5.03. The van der Waals surface area contributed by atoms with Gasteiger partial charge in [0.2, 0.25) is 5.78 Å². The van der Waals surface area contributed by atoms with Gasteiger partial charge in [-0.3, -0.25) is 14.9 Å². The van der Waals surface area contributed by atoms with E-state index in [1.807, 2.05) is 12.1 Å². The van der Waals surface area contributed by atoms with Gasteiger partial charge in [0.25, 0.3) is 5.69 Å². The van der Waals surface area contributed by atoms with Crippen molar-refractivity contribution in [1.82, 2.24) is 0 Å². The van der Waals surface area contributed by atoms with E-state index in [9.17, 15) is 19.7 Å². The number of hydrogen-bond donors (Lipinski definition) is 0. The number of esters is 1. The van der Waals surface area contributed by atoms with Crippen LogP contribution in [0.25, 0.3) is 0 Å². The molecule has 0 unspecified atom stereocenters. The van der Waals surface area contributed by atoms with Crippen LogP contribution in [-0.2, 0) is 17.6 Å². The molecular weight excluding hydrogens is 390 g/mol. The Labute approximate surface area is 173 Å². The number of nitro benzene ring substituents is 1. The average Bonchev–Trinajstić information content (AvgIpc) is 3.20. The number of fused-ring (bicyclic) bond motifs is 1. The van der Waals surface area contributed by atoms with Gasteiger partial charge in [0, 0.05) is 11.6 Å². The van der Waals surface area contributed by atoms with Crippen molar-refractivity contribution in [3.05, 3.63) is 62.7 Å². The van der Waals surface area contributed by atoms with Crippen LogP contribution in [0.2, 0.25) is 0 Å². The summed E-state index contributed by atoms with van der Waals surface area (Å²) in [6, 6.07) is 7.79. The zero-order valence-corrected chi connectivity index (χ0v) is 17.1. The SMILES string of the molecule is CCOc1cc(C(=O)O[C@H](C)C(=O)c2ccc3c(c2)CCC3)c([N+](=O)[O-])cc1OC. The number of ketones is 1. The van der Waals surface area contributed by atoms with E-state index < -0.39 is 22.7 Å². The molecule has 1 atom stereocenters. The van der Waals surface area contributed by atoms with Crippen molar-refractivity contribution in [2.75, 3.05) is 13.7 Å². The number of benzene rings is 2. The zero-order chi connectivity index (χ0) is 21.8. The lowest BCUT2D eigenvalue weighted by atomic mass is 10.0. The van der Waals surface area contributed by atoms with Gasteiger partial charge in [-0.1, -0.05) is 12.1 Å². The Hall–Kier alpha value is -3.42. The molecule has 0 radical (unpaired) electrons. The van der Waals surface area contributed by atoms with Gasteiger partial charge >= 0.3 is 5.97 Å². The maximum atomic E-state index is 12.7. The van der Waals surface area contributed by atoms with Gasteiger partial charge in [-0.25, -0.2) is 4.79 Å². The summed E-state index contributed by atoms with van der Waals surface area (Å²) in [5.74, 6) is -1.04. The number of aryl methyl sites for hydroxylation is 2. The van der Waals surface area contributed by atoms with E-state index in [4.69, 9.17) is 14.2 Å². The van der Waals surface area contributed by atoms with Crippen LogP contribution in [0.15, 0.2) is 30.3 Å². The molecule has 2 aromatic rings. The topological polar surface area (TPSA) is 105 Å². The van der Waals surface area contributed by atoms with Crippen LogP contribution in [-0.4, -0.2) is 36.5 Å². The molecule has 0 bridgehead atoms. The van der Waals surface area contributed by atoms with Crippen molar-refractivity contribution in [2.24, 2.45) is 0 Å². The first-order valence-corrected chi connectivity index (χ1v) is 9.71. The Morgan fingerprint density at radius 3 is 2.53 bits per heavy atom. The molecule has 30 heavy (non-hydrogen) atoms. The van der Waals surface area contributed by atoms with E-state index in [2.05, 4.69) is 0 Å². The maximum absolute atomic E-state index is 12.7. The molecule has 0 saturated heterocycles. The van der Waals surface area contributed by atoms with Gasteiger partial charge in [0.15, 0.2) is 17.6 Å². The highest BCUT2D eigenvalue weighted by Crippen LogP contribution is 2.35. The molecule has 8 nitrogen and oxygen atoms in total. The van der Waals surface area contributed by atoms with E-state index in [0.717, 1.165) is 30.9 Å². The van der Waals surface area contributed by atoms with Gasteiger partial charge in [0.1, 0.15) is 5.56 Å². The highest BCUT2D eigenvalue weighted by Gasteiger charge is 2.29. The Morgan fingerprint density at radius 2 is 1.87 bits per heavy atom. The summed E-state index contributed by atoms with van der Waals surface area (Å²) >= 11 is 0. The van der Waals surface area contributed by atoms with Crippen LogP contribution >= 0.6 is 0 Å². The minimum Gasteiger partial charge on any atom is -0.493 e. The van der Waals surface area contributed by atoms with Gasteiger partial charge < -0.3 is 14.2 Å². The first-order valence-electron chi connectivity index (χ1n) is 9.71. The second-order valence-corrected chi connectivity index (χ2v) is 6.96. The molecule has 0 fully saturated rings. The predicted molar refractivity (Wildman–Crippen MR) is 108 cm³/mol. The first-order chi connectivity index (χ1) is 14.3. The lowest BCUT2D eigenvalue weighted by molar-refractivity contribution is -0.385. The Bertz CT molecular complexity index is 999. The molecule has 8 heteroatoms. The fourth-order valence-corrected chi connectivity index (χ4v) is 3.53. The van der Waals surface area contributed by atoms with E-state index >= 15 is 0 Å². The molecule has 0 saturated carbocycles. The summed E-state index contributed by atoms with van der Waals surface area (Å²) < 4.78 is 15.8. The lowest BCUT2D eigenvalue weighted by Crippen LogP contribution is -2.25. The van der Waals surface area contributed by atoms with Crippen molar-refractivity contribution in [1.29, 1.82) is 0 Å². The molecule has 0 aromatic heterocycles. The molecule has 3 rings (SSSR count). The molecule has 0 N–H and O–H groups in total. The van der Waals surface area contributed by atoms with E-state index in [-0.39, 0.29) is 29.5 Å². The smallest absolute Gasteiger partial charge is 0.346 e. The van der Waals surface area contributed by atoms with E-state index in [1.54, 1.807) is 13.0 Å². The largest absolute Gasteiger partial charge is 0.493 e. The van der Waals surface area contributed by atoms with Crippen LogP contribution in [0.3, 0.4) is 0 Å². The van der Waals surface area contributed by atoms with Crippen LogP contribution in [0, 0.1) is 10.1 Å². The standard InChI is InChI=1S/C22H23NO7/c1-4-29-20-11-17(18(23(26)27)12-19(20)28-3)22(25)30-13(2)21(24)16-9-8-14-6-5-7-15(14)10-16/h8-13H,4-7H2,1-3H3/t13-/m1/s1. The number of carbonyl (C=O) groups excluding carboxylic acids is 2. The number of carbonyl (C=O) groups is 2. The third kappa shape index (κ3) is 4.27. The number of ether oxygens (including phenoxy) is 3. The van der Waals surface area contributed by atoms with Crippen molar-refractivity contribution in [3.8, 4) is 11.5 Å². The van der Waals surface area contributed by atoms with Gasteiger partial charge in [-0.15, -0.1) is 0 Å². The molecule has 2 aromatic carbocycles. The monoisotopic (exact) mass is 413 g/mol. The van der Waals surface area contributed by atoms with E-state index in [1.165, 1.54) is 25.7 Å². The number of methoxy groups -OCH3 is 1. The molecule has 1 aliphatic carbocycles. The van der Waals surface area contributed by atoms with Gasteiger partial charge in [0.05, 0.1) is 24.7 Å². The summed E-state index contributed by atoms with van der Waals surface area (Å²) in [6.45, 7) is 3.46. The van der Waals surface area contributed by atoms with Gasteiger partial charge in [-0.2, -0.15) is 0 Å². The first kappa shape index (κ1) is 21.3. The molecule has 0 aliphatic heterocycles. The second kappa shape index (κ2) is 8.94. The van der Waals surface area contributed by atoms with Crippen LogP contribution in [0.4, 0.5) is 5.69 Å². The quantitative estimate of drug-likeness (QED) is 0.279. The van der Waals surface area contributed by atoms with Gasteiger partial charge in [-0.05, 0) is 50.3 Å². The van der Waals surface area contributed by atoms with Crippen molar-refractivity contribution >= 4 is 17.4 Å². The van der Waals surface area contributed by atoms with Crippen molar-refractivity contribution in [3.63, 3.8) is 0 Å². The minimum atomic E-state index is -1.10. The Kier molecular flexibility index (Phi) is 6.34.